The maximum Gasteiger partial charge on any atom is 0.156 e. The van der Waals surface area contributed by atoms with Crippen molar-refractivity contribution in [3.8, 4) is 5.75 Å². The van der Waals surface area contributed by atoms with Crippen molar-refractivity contribution in [2.75, 3.05) is 13.2 Å². The van der Waals surface area contributed by atoms with Gasteiger partial charge in [-0.3, -0.25) is 0 Å². The summed E-state index contributed by atoms with van der Waals surface area (Å²) in [5, 5.41) is 4.57. The predicted octanol–water partition coefficient (Wildman–Crippen LogP) is 4.10. The Balaban J connectivity index is 1.82. The Morgan fingerprint density at radius 2 is 2.00 bits per heavy atom. The second-order valence-corrected chi connectivity index (χ2v) is 5.45. The van der Waals surface area contributed by atoms with Gasteiger partial charge < -0.3 is 15.0 Å². The molecule has 1 atom stereocenters. The molecule has 0 saturated heterocycles. The SMILES string of the molecule is CC(NCCOc1c(Cl)cc(Cl)cc1Cl)c1ncc[nH]1. The highest BCUT2D eigenvalue weighted by molar-refractivity contribution is 6.40. The van der Waals surface area contributed by atoms with Gasteiger partial charge >= 0.3 is 0 Å². The Morgan fingerprint density at radius 3 is 2.60 bits per heavy atom. The maximum absolute atomic E-state index is 6.03. The molecule has 0 aliphatic carbocycles. The molecule has 2 N–H and O–H groups in total. The topological polar surface area (TPSA) is 49.9 Å². The summed E-state index contributed by atoms with van der Waals surface area (Å²) >= 11 is 17.9. The van der Waals surface area contributed by atoms with Gasteiger partial charge in [0.25, 0.3) is 0 Å². The highest BCUT2D eigenvalue weighted by Gasteiger charge is 2.10. The van der Waals surface area contributed by atoms with Gasteiger partial charge in [0.1, 0.15) is 12.4 Å². The number of rotatable bonds is 6. The van der Waals surface area contributed by atoms with Crippen LogP contribution in [-0.2, 0) is 0 Å². The van der Waals surface area contributed by atoms with Crippen molar-refractivity contribution in [1.29, 1.82) is 0 Å². The lowest BCUT2D eigenvalue weighted by Gasteiger charge is -2.13. The number of ether oxygens (including phenoxy) is 1. The fraction of sp³-hybridized carbons (Fsp3) is 0.308. The lowest BCUT2D eigenvalue weighted by Crippen LogP contribution is -2.25. The molecule has 0 aliphatic heterocycles. The van der Waals surface area contributed by atoms with E-state index in [9.17, 15) is 0 Å². The van der Waals surface area contributed by atoms with E-state index in [0.29, 0.717) is 34.0 Å². The summed E-state index contributed by atoms with van der Waals surface area (Å²) in [7, 11) is 0. The molecule has 7 heteroatoms. The lowest BCUT2D eigenvalue weighted by molar-refractivity contribution is 0.307. The minimum Gasteiger partial charge on any atom is -0.489 e. The first-order valence-corrected chi connectivity index (χ1v) is 7.21. The van der Waals surface area contributed by atoms with E-state index in [1.165, 1.54) is 0 Å². The molecule has 2 rings (SSSR count). The molecule has 4 nitrogen and oxygen atoms in total. The van der Waals surface area contributed by atoms with Crippen LogP contribution in [0.25, 0.3) is 0 Å². The Morgan fingerprint density at radius 1 is 1.30 bits per heavy atom. The summed E-state index contributed by atoms with van der Waals surface area (Å²) in [4.78, 5) is 7.22. The standard InChI is InChI=1S/C13H14Cl3N3O/c1-8(13-18-2-3-19-13)17-4-5-20-12-10(15)6-9(14)7-11(12)16/h2-3,6-8,17H,4-5H2,1H3,(H,18,19). The fourth-order valence-electron chi connectivity index (χ4n) is 1.71. The minimum absolute atomic E-state index is 0.116. The van der Waals surface area contributed by atoms with Crippen LogP contribution in [0.2, 0.25) is 15.1 Å². The lowest BCUT2D eigenvalue weighted by atomic mass is 10.3. The zero-order valence-corrected chi connectivity index (χ0v) is 13.1. The molecule has 0 fully saturated rings. The van der Waals surface area contributed by atoms with Crippen LogP contribution >= 0.6 is 34.8 Å². The zero-order valence-electron chi connectivity index (χ0n) is 10.8. The summed E-state index contributed by atoms with van der Waals surface area (Å²) in [6.45, 7) is 3.09. The van der Waals surface area contributed by atoms with Crippen LogP contribution in [0.15, 0.2) is 24.5 Å². The molecule has 20 heavy (non-hydrogen) atoms. The first-order chi connectivity index (χ1) is 9.58. The molecule has 0 radical (unpaired) electrons. The van der Waals surface area contributed by atoms with Crippen LogP contribution in [0.3, 0.4) is 0 Å². The number of H-pyrrole nitrogens is 1. The van der Waals surface area contributed by atoms with Crippen molar-refractivity contribution in [2.24, 2.45) is 0 Å². The van der Waals surface area contributed by atoms with Crippen LogP contribution < -0.4 is 10.1 Å². The molecule has 1 unspecified atom stereocenters. The molecular formula is C13H14Cl3N3O. The zero-order chi connectivity index (χ0) is 14.5. The fourth-order valence-corrected chi connectivity index (χ4v) is 2.63. The Hall–Kier alpha value is -0.940. The number of imidazole rings is 1. The summed E-state index contributed by atoms with van der Waals surface area (Å²) in [6, 6.07) is 3.32. The van der Waals surface area contributed by atoms with Crippen LogP contribution in [0.4, 0.5) is 0 Å². The van der Waals surface area contributed by atoms with Crippen molar-refractivity contribution in [2.45, 2.75) is 13.0 Å². The van der Waals surface area contributed by atoms with E-state index in [4.69, 9.17) is 39.5 Å². The van der Waals surface area contributed by atoms with E-state index in [-0.39, 0.29) is 6.04 Å². The molecular weight excluding hydrogens is 321 g/mol. The number of hydrogen-bond donors (Lipinski definition) is 2. The first kappa shape index (κ1) is 15.4. The normalized spacial score (nSPS) is 12.4. The predicted molar refractivity (Wildman–Crippen MR) is 82.0 cm³/mol. The summed E-state index contributed by atoms with van der Waals surface area (Å²) in [5.74, 6) is 1.33. The molecule has 0 aliphatic rings. The van der Waals surface area contributed by atoms with Gasteiger partial charge in [0.2, 0.25) is 0 Å². The molecule has 1 aromatic carbocycles. The van der Waals surface area contributed by atoms with E-state index >= 15 is 0 Å². The second kappa shape index (κ2) is 7.18. The van der Waals surface area contributed by atoms with Crippen LogP contribution in [0, 0.1) is 0 Å². The van der Waals surface area contributed by atoms with Gasteiger partial charge in [0.15, 0.2) is 5.75 Å². The van der Waals surface area contributed by atoms with Gasteiger partial charge in [-0.2, -0.15) is 0 Å². The molecule has 1 heterocycles. The molecule has 108 valence electrons. The summed E-state index contributed by atoms with van der Waals surface area (Å²) in [5.41, 5.74) is 0. The number of halogens is 3. The molecule has 2 aromatic rings. The summed E-state index contributed by atoms with van der Waals surface area (Å²) in [6.07, 6.45) is 3.51. The number of benzene rings is 1. The van der Waals surface area contributed by atoms with Gasteiger partial charge in [0, 0.05) is 24.0 Å². The second-order valence-electron chi connectivity index (χ2n) is 4.20. The highest BCUT2D eigenvalue weighted by atomic mass is 35.5. The Labute approximate surface area is 132 Å². The molecule has 1 aromatic heterocycles. The van der Waals surface area contributed by atoms with Gasteiger partial charge in [0.05, 0.1) is 16.1 Å². The van der Waals surface area contributed by atoms with Crippen molar-refractivity contribution >= 4 is 34.8 Å². The van der Waals surface area contributed by atoms with E-state index in [2.05, 4.69) is 15.3 Å². The molecule has 0 bridgehead atoms. The largest absolute Gasteiger partial charge is 0.489 e. The third kappa shape index (κ3) is 4.03. The maximum atomic E-state index is 6.03. The van der Waals surface area contributed by atoms with Crippen LogP contribution in [-0.4, -0.2) is 23.1 Å². The quantitative estimate of drug-likeness (QED) is 0.782. The van der Waals surface area contributed by atoms with E-state index < -0.39 is 0 Å². The third-order valence-electron chi connectivity index (χ3n) is 2.69. The van der Waals surface area contributed by atoms with E-state index in [0.717, 1.165) is 5.82 Å². The molecule has 0 saturated carbocycles. The van der Waals surface area contributed by atoms with Crippen molar-refractivity contribution in [1.82, 2.24) is 15.3 Å². The van der Waals surface area contributed by atoms with Crippen molar-refractivity contribution < 1.29 is 4.74 Å². The van der Waals surface area contributed by atoms with Gasteiger partial charge in [-0.25, -0.2) is 4.98 Å². The van der Waals surface area contributed by atoms with Gasteiger partial charge in [-0.1, -0.05) is 34.8 Å². The third-order valence-corrected chi connectivity index (χ3v) is 3.47. The smallest absolute Gasteiger partial charge is 0.156 e. The van der Waals surface area contributed by atoms with E-state index in [1.807, 2.05) is 6.92 Å². The van der Waals surface area contributed by atoms with Crippen molar-refractivity contribution in [3.63, 3.8) is 0 Å². The van der Waals surface area contributed by atoms with Gasteiger partial charge in [-0.15, -0.1) is 0 Å². The highest BCUT2D eigenvalue weighted by Crippen LogP contribution is 2.35. The average Bonchev–Trinajstić information content (AvgIpc) is 2.90. The van der Waals surface area contributed by atoms with Crippen LogP contribution in [0.1, 0.15) is 18.8 Å². The minimum atomic E-state index is 0.116. The Bertz CT molecular complexity index is 537. The number of hydrogen-bond acceptors (Lipinski definition) is 3. The number of aromatic nitrogens is 2. The first-order valence-electron chi connectivity index (χ1n) is 6.08. The number of nitrogens with one attached hydrogen (secondary N) is 2. The van der Waals surface area contributed by atoms with Crippen LogP contribution in [0.5, 0.6) is 5.75 Å². The monoisotopic (exact) mass is 333 g/mol. The number of aromatic amines is 1. The number of nitrogens with zero attached hydrogens (tertiary/aromatic N) is 1. The van der Waals surface area contributed by atoms with E-state index in [1.54, 1.807) is 24.5 Å². The summed E-state index contributed by atoms with van der Waals surface area (Å²) < 4.78 is 5.57. The molecule has 0 amide bonds. The van der Waals surface area contributed by atoms with Crippen molar-refractivity contribution in [3.05, 3.63) is 45.4 Å². The Kier molecular flexibility index (Phi) is 5.54. The molecule has 0 spiro atoms. The average molecular weight is 335 g/mol. The van der Waals surface area contributed by atoms with Gasteiger partial charge in [-0.05, 0) is 19.1 Å².